The number of nitrogens with one attached hydrogen (secondary N) is 1. The van der Waals surface area contributed by atoms with E-state index in [0.717, 1.165) is 33.7 Å². The van der Waals surface area contributed by atoms with E-state index in [9.17, 15) is 4.79 Å². The van der Waals surface area contributed by atoms with Gasteiger partial charge in [-0.05, 0) is 65.5 Å². The molecule has 1 amide bonds. The number of ether oxygens (including phenoxy) is 1. The number of carbonyl (C=O) groups is 1. The van der Waals surface area contributed by atoms with Gasteiger partial charge in [-0.15, -0.1) is 0 Å². The molecule has 0 spiro atoms. The molecule has 5 heteroatoms. The number of anilines is 1. The molecule has 0 saturated heterocycles. The van der Waals surface area contributed by atoms with Gasteiger partial charge in [-0.25, -0.2) is 4.79 Å². The van der Waals surface area contributed by atoms with Crippen LogP contribution in [0.3, 0.4) is 0 Å². The van der Waals surface area contributed by atoms with Gasteiger partial charge in [-0.1, -0.05) is 92.7 Å². The summed E-state index contributed by atoms with van der Waals surface area (Å²) in [6.45, 7) is 8.23. The first kappa shape index (κ1) is 23.7. The highest BCUT2D eigenvalue weighted by atomic mass is 32.1. The Morgan fingerprint density at radius 3 is 2.09 bits per heavy atom. The van der Waals surface area contributed by atoms with Crippen LogP contribution in [-0.2, 0) is 11.2 Å². The monoisotopic (exact) mass is 470 g/mol. The molecule has 0 bridgehead atoms. The van der Waals surface area contributed by atoms with Crippen LogP contribution in [0.4, 0.5) is 10.5 Å². The van der Waals surface area contributed by atoms with Crippen molar-refractivity contribution in [3.63, 3.8) is 0 Å². The van der Waals surface area contributed by atoms with Gasteiger partial charge < -0.3 is 4.74 Å². The summed E-state index contributed by atoms with van der Waals surface area (Å²) in [5.41, 5.74) is 7.14. The largest absolute Gasteiger partial charge is 0.441 e. The van der Waals surface area contributed by atoms with E-state index in [1.807, 2.05) is 44.2 Å². The SMILES string of the molecule is Cc1nsc(-c2ccc(-c3ccc(CC(C)C)cc3)cc2)c1NC(=O)O[C@H](C)c1ccccc1. The van der Waals surface area contributed by atoms with Crippen molar-refractivity contribution in [1.82, 2.24) is 4.37 Å². The molecule has 4 rings (SSSR count). The Labute approximate surface area is 205 Å². The average molecular weight is 471 g/mol. The molecular formula is C29H30N2O2S. The summed E-state index contributed by atoms with van der Waals surface area (Å²) in [4.78, 5) is 13.5. The lowest BCUT2D eigenvalue weighted by Crippen LogP contribution is -2.16. The number of rotatable bonds is 7. The van der Waals surface area contributed by atoms with Gasteiger partial charge in [0.2, 0.25) is 0 Å². The highest BCUT2D eigenvalue weighted by Gasteiger charge is 2.18. The zero-order chi connectivity index (χ0) is 24.1. The smallest absolute Gasteiger partial charge is 0.412 e. The Balaban J connectivity index is 1.47. The molecule has 0 fully saturated rings. The highest BCUT2D eigenvalue weighted by Crippen LogP contribution is 2.36. The van der Waals surface area contributed by atoms with E-state index in [1.165, 1.54) is 22.7 Å². The molecule has 34 heavy (non-hydrogen) atoms. The van der Waals surface area contributed by atoms with Gasteiger partial charge >= 0.3 is 6.09 Å². The van der Waals surface area contributed by atoms with E-state index in [4.69, 9.17) is 4.74 Å². The van der Waals surface area contributed by atoms with Gasteiger partial charge in [-0.3, -0.25) is 5.32 Å². The first-order valence-corrected chi connectivity index (χ1v) is 12.4. The summed E-state index contributed by atoms with van der Waals surface area (Å²) in [5, 5.41) is 2.91. The Kier molecular flexibility index (Phi) is 7.43. The third kappa shape index (κ3) is 5.72. The molecule has 0 unspecified atom stereocenters. The van der Waals surface area contributed by atoms with Crippen molar-refractivity contribution < 1.29 is 9.53 Å². The number of benzene rings is 3. The molecule has 3 aromatic carbocycles. The van der Waals surface area contributed by atoms with Crippen molar-refractivity contribution in [3.8, 4) is 21.6 Å². The van der Waals surface area contributed by atoms with Crippen molar-refractivity contribution in [2.75, 3.05) is 5.32 Å². The Morgan fingerprint density at radius 1 is 0.882 bits per heavy atom. The molecule has 1 aromatic heterocycles. The van der Waals surface area contributed by atoms with Crippen molar-refractivity contribution in [2.45, 2.75) is 40.2 Å². The van der Waals surface area contributed by atoms with E-state index < -0.39 is 6.09 Å². The van der Waals surface area contributed by atoms with E-state index in [-0.39, 0.29) is 6.10 Å². The number of aromatic nitrogens is 1. The maximum absolute atomic E-state index is 12.6. The Morgan fingerprint density at radius 2 is 1.47 bits per heavy atom. The van der Waals surface area contributed by atoms with Crippen LogP contribution in [0.25, 0.3) is 21.6 Å². The van der Waals surface area contributed by atoms with Crippen molar-refractivity contribution in [2.24, 2.45) is 5.92 Å². The minimum atomic E-state index is -0.487. The second-order valence-corrected chi connectivity index (χ2v) is 9.70. The molecule has 1 N–H and O–H groups in total. The van der Waals surface area contributed by atoms with Crippen LogP contribution in [0.5, 0.6) is 0 Å². The molecule has 0 aliphatic heterocycles. The van der Waals surface area contributed by atoms with E-state index in [0.29, 0.717) is 11.6 Å². The summed E-state index contributed by atoms with van der Waals surface area (Å²) in [5.74, 6) is 0.648. The fourth-order valence-corrected chi connectivity index (χ4v) is 4.77. The fraction of sp³-hybridized carbons (Fsp3) is 0.241. The van der Waals surface area contributed by atoms with E-state index in [1.54, 1.807) is 0 Å². The van der Waals surface area contributed by atoms with Gasteiger partial charge in [0.25, 0.3) is 0 Å². The summed E-state index contributed by atoms with van der Waals surface area (Å²) >= 11 is 1.38. The number of nitrogens with zero attached hydrogens (tertiary/aromatic N) is 1. The molecule has 0 radical (unpaired) electrons. The third-order valence-corrected chi connectivity index (χ3v) is 6.71. The molecular weight excluding hydrogens is 440 g/mol. The van der Waals surface area contributed by atoms with E-state index in [2.05, 4.69) is 72.1 Å². The predicted octanol–water partition coefficient (Wildman–Crippen LogP) is 8.29. The third-order valence-electron chi connectivity index (χ3n) is 5.72. The normalized spacial score (nSPS) is 11.9. The number of carbonyl (C=O) groups excluding carboxylic acids is 1. The van der Waals surface area contributed by atoms with Gasteiger partial charge in [0.15, 0.2) is 0 Å². The lowest BCUT2D eigenvalue weighted by Gasteiger charge is -2.14. The lowest BCUT2D eigenvalue weighted by molar-refractivity contribution is 0.121. The quantitative estimate of drug-likeness (QED) is 0.295. The zero-order valence-electron chi connectivity index (χ0n) is 20.0. The van der Waals surface area contributed by atoms with Crippen LogP contribution in [0, 0.1) is 12.8 Å². The topological polar surface area (TPSA) is 51.2 Å². The van der Waals surface area contributed by atoms with Crippen molar-refractivity contribution in [1.29, 1.82) is 0 Å². The maximum Gasteiger partial charge on any atom is 0.412 e. The molecule has 4 nitrogen and oxygen atoms in total. The number of amides is 1. The molecule has 0 saturated carbocycles. The van der Waals surface area contributed by atoms with Crippen LogP contribution >= 0.6 is 11.5 Å². The Hall–Kier alpha value is -3.44. The maximum atomic E-state index is 12.6. The van der Waals surface area contributed by atoms with Crippen molar-refractivity contribution in [3.05, 3.63) is 95.7 Å². The summed E-state index contributed by atoms with van der Waals surface area (Å²) in [7, 11) is 0. The summed E-state index contributed by atoms with van der Waals surface area (Å²) < 4.78 is 10.1. The molecule has 0 aliphatic rings. The average Bonchev–Trinajstić information content (AvgIpc) is 3.19. The molecule has 0 aliphatic carbocycles. The van der Waals surface area contributed by atoms with Crippen molar-refractivity contribution >= 4 is 23.3 Å². The second-order valence-electron chi connectivity index (χ2n) is 8.93. The number of aryl methyl sites for hydroxylation is 1. The van der Waals surface area contributed by atoms with E-state index >= 15 is 0 Å². The molecule has 1 atom stereocenters. The molecule has 174 valence electrons. The predicted molar refractivity (Wildman–Crippen MR) is 141 cm³/mol. The fourth-order valence-electron chi connectivity index (χ4n) is 3.92. The van der Waals surface area contributed by atoms with Crippen LogP contribution < -0.4 is 5.32 Å². The van der Waals surface area contributed by atoms with Crippen LogP contribution in [-0.4, -0.2) is 10.5 Å². The number of hydrogen-bond acceptors (Lipinski definition) is 4. The summed E-state index contributed by atoms with van der Waals surface area (Å²) in [6.07, 6.45) is 0.258. The highest BCUT2D eigenvalue weighted by molar-refractivity contribution is 7.10. The van der Waals surface area contributed by atoms with Crippen LogP contribution in [0.15, 0.2) is 78.9 Å². The molecule has 1 heterocycles. The zero-order valence-corrected chi connectivity index (χ0v) is 20.9. The first-order valence-electron chi connectivity index (χ1n) is 11.6. The van der Waals surface area contributed by atoms with Crippen LogP contribution in [0.2, 0.25) is 0 Å². The minimum absolute atomic E-state index is 0.345. The number of hydrogen-bond donors (Lipinski definition) is 1. The standard InChI is InChI=1S/C29H30N2O2S/c1-19(2)18-22-10-12-24(13-11-22)25-14-16-26(17-15-25)28-27(20(3)31-34-28)30-29(32)33-21(4)23-8-6-5-7-9-23/h5-17,19,21H,18H2,1-4H3,(H,30,32)/t21-/m1/s1. The van der Waals surface area contributed by atoms with Crippen LogP contribution in [0.1, 0.15) is 43.7 Å². The first-order chi connectivity index (χ1) is 16.4. The lowest BCUT2D eigenvalue weighted by atomic mass is 9.98. The van der Waals surface area contributed by atoms with Gasteiger partial charge in [-0.2, -0.15) is 4.37 Å². The minimum Gasteiger partial charge on any atom is -0.441 e. The second kappa shape index (κ2) is 10.7. The Bertz CT molecular complexity index is 1230. The van der Waals surface area contributed by atoms with Gasteiger partial charge in [0.1, 0.15) is 6.10 Å². The molecule has 4 aromatic rings. The van der Waals surface area contributed by atoms with Gasteiger partial charge in [0.05, 0.1) is 16.3 Å². The summed E-state index contributed by atoms with van der Waals surface area (Å²) in [6, 6.07) is 26.9. The van der Waals surface area contributed by atoms with Gasteiger partial charge in [0, 0.05) is 0 Å².